The molecular weight excluding hydrogens is 284 g/mol. The van der Waals surface area contributed by atoms with E-state index in [1.54, 1.807) is 24.9 Å². The van der Waals surface area contributed by atoms with Gasteiger partial charge in [-0.3, -0.25) is 4.79 Å². The third kappa shape index (κ3) is 14.0. The second kappa shape index (κ2) is 22.9. The van der Waals surface area contributed by atoms with E-state index in [4.69, 9.17) is 0 Å². The van der Waals surface area contributed by atoms with Crippen molar-refractivity contribution in [1.29, 1.82) is 0 Å². The molecule has 1 atom stereocenters. The van der Waals surface area contributed by atoms with Crippen LogP contribution in [0.25, 0.3) is 0 Å². The van der Waals surface area contributed by atoms with Crippen LogP contribution < -0.4 is 5.32 Å². The number of rotatable bonds is 6. The molecule has 0 radical (unpaired) electrons. The van der Waals surface area contributed by atoms with Gasteiger partial charge in [0.1, 0.15) is 0 Å². The summed E-state index contributed by atoms with van der Waals surface area (Å²) in [6.07, 6.45) is 6.83. The molecule has 23 heavy (non-hydrogen) atoms. The minimum atomic E-state index is 0.00519. The van der Waals surface area contributed by atoms with Crippen LogP contribution in [0.1, 0.15) is 68.7 Å². The van der Waals surface area contributed by atoms with E-state index in [0.29, 0.717) is 0 Å². The Labute approximate surface area is 146 Å². The van der Waals surface area contributed by atoms with Crippen molar-refractivity contribution in [3.8, 4) is 0 Å². The molecule has 1 N–H and O–H groups in total. The van der Waals surface area contributed by atoms with Crippen molar-refractivity contribution in [2.45, 2.75) is 74.8 Å². The lowest BCUT2D eigenvalue weighted by atomic mass is 10.0. The van der Waals surface area contributed by atoms with Crippen molar-refractivity contribution in [3.63, 3.8) is 0 Å². The van der Waals surface area contributed by atoms with Crippen molar-refractivity contribution < 1.29 is 4.79 Å². The average molecular weight is 327 g/mol. The Morgan fingerprint density at radius 1 is 1.17 bits per heavy atom. The molecule has 0 fully saturated rings. The summed E-state index contributed by atoms with van der Waals surface area (Å²) in [6, 6.07) is 0.174. The molecule has 0 heterocycles. The Bertz CT molecular complexity index is 331. The third-order valence-corrected chi connectivity index (χ3v) is 2.76. The number of allylic oxidation sites excluding steroid dienone is 2. The lowest BCUT2D eigenvalue weighted by Crippen LogP contribution is -2.29. The average Bonchev–Trinajstić information content (AvgIpc) is 2.62. The molecule has 3 heteroatoms. The molecule has 3 nitrogen and oxygen atoms in total. The standard InChI is InChI=1S/C14H24N2O.3C2H6/c1-7-9-10-13(11(3)15-5)14(8-2)16(6)12(4)17;3*1-2/h8-11,15H,2,7H2,1,3-6H3;3*1-2H3/b10-9-,14-13-;;;. The van der Waals surface area contributed by atoms with E-state index in [1.807, 2.05) is 48.6 Å². The zero-order valence-corrected chi connectivity index (χ0v) is 17.6. The van der Waals surface area contributed by atoms with Crippen LogP contribution >= 0.6 is 0 Å². The van der Waals surface area contributed by atoms with E-state index < -0.39 is 0 Å². The number of carbonyl (C=O) groups excluding carboxylic acids is 1. The highest BCUT2D eigenvalue weighted by molar-refractivity contribution is 5.76. The molecule has 0 aromatic heterocycles. The second-order valence-electron chi connectivity index (χ2n) is 3.94. The number of nitrogens with one attached hydrogen (secondary N) is 1. The van der Waals surface area contributed by atoms with Gasteiger partial charge in [-0.15, -0.1) is 0 Å². The summed E-state index contributed by atoms with van der Waals surface area (Å²) in [4.78, 5) is 13.1. The molecule has 0 aliphatic carbocycles. The fourth-order valence-electron chi connectivity index (χ4n) is 1.47. The van der Waals surface area contributed by atoms with Gasteiger partial charge in [0.05, 0.1) is 0 Å². The summed E-state index contributed by atoms with van der Waals surface area (Å²) in [7, 11) is 3.67. The lowest BCUT2D eigenvalue weighted by Gasteiger charge is -2.23. The highest BCUT2D eigenvalue weighted by atomic mass is 16.2. The van der Waals surface area contributed by atoms with E-state index >= 15 is 0 Å². The van der Waals surface area contributed by atoms with Crippen LogP contribution in [-0.4, -0.2) is 30.9 Å². The van der Waals surface area contributed by atoms with Gasteiger partial charge in [0.2, 0.25) is 5.91 Å². The van der Waals surface area contributed by atoms with Crippen molar-refractivity contribution in [3.05, 3.63) is 36.1 Å². The van der Waals surface area contributed by atoms with E-state index in [1.165, 1.54) is 0 Å². The monoisotopic (exact) mass is 326 g/mol. The number of carbonyl (C=O) groups is 1. The SMILES string of the molecule is C=C/C(=C(\C=C/CC)C(C)NC)N(C)C(C)=O.CC.CC.CC. The zero-order chi connectivity index (χ0) is 19.4. The molecule has 0 aliphatic rings. The molecule has 0 saturated carbocycles. The van der Waals surface area contributed by atoms with Crippen molar-refractivity contribution >= 4 is 5.91 Å². The molecule has 138 valence electrons. The van der Waals surface area contributed by atoms with Crippen LogP contribution in [0.4, 0.5) is 0 Å². The summed E-state index contributed by atoms with van der Waals surface area (Å²) in [5, 5.41) is 3.19. The molecule has 1 unspecified atom stereocenters. The van der Waals surface area contributed by atoms with Gasteiger partial charge >= 0.3 is 0 Å². The summed E-state index contributed by atoms with van der Waals surface area (Å²) < 4.78 is 0. The van der Waals surface area contributed by atoms with Crippen molar-refractivity contribution in [1.82, 2.24) is 10.2 Å². The number of hydrogen-bond donors (Lipinski definition) is 1. The van der Waals surface area contributed by atoms with E-state index in [9.17, 15) is 4.79 Å². The van der Waals surface area contributed by atoms with Gasteiger partial charge < -0.3 is 10.2 Å². The first kappa shape index (κ1) is 29.6. The van der Waals surface area contributed by atoms with Gasteiger partial charge in [-0.25, -0.2) is 0 Å². The first-order chi connectivity index (χ1) is 11.0. The first-order valence-corrected chi connectivity index (χ1v) is 8.94. The second-order valence-corrected chi connectivity index (χ2v) is 3.94. The predicted molar refractivity (Wildman–Crippen MR) is 108 cm³/mol. The maximum absolute atomic E-state index is 11.4. The molecular formula is C20H42N2O. The Morgan fingerprint density at radius 2 is 1.61 bits per heavy atom. The Balaban J connectivity index is -0.000000267. The van der Waals surface area contributed by atoms with Gasteiger partial charge in [0.25, 0.3) is 0 Å². The molecule has 0 aromatic rings. The van der Waals surface area contributed by atoms with Crippen molar-refractivity contribution in [2.75, 3.05) is 14.1 Å². The van der Waals surface area contributed by atoms with E-state index in [2.05, 4.69) is 37.9 Å². The fourth-order valence-corrected chi connectivity index (χ4v) is 1.47. The quantitative estimate of drug-likeness (QED) is 0.648. The number of nitrogens with zero attached hydrogens (tertiary/aromatic N) is 1. The fraction of sp³-hybridized carbons (Fsp3) is 0.650. The Morgan fingerprint density at radius 3 is 1.87 bits per heavy atom. The molecule has 0 spiro atoms. The maximum atomic E-state index is 11.4. The first-order valence-electron chi connectivity index (χ1n) is 8.94. The molecule has 0 aromatic carbocycles. The van der Waals surface area contributed by atoms with Gasteiger partial charge in [0, 0.05) is 25.7 Å². The van der Waals surface area contributed by atoms with Crippen LogP contribution in [0.15, 0.2) is 36.1 Å². The maximum Gasteiger partial charge on any atom is 0.223 e. The van der Waals surface area contributed by atoms with Crippen molar-refractivity contribution in [2.24, 2.45) is 0 Å². The molecule has 0 saturated heterocycles. The molecule has 1 amide bonds. The molecule has 0 rings (SSSR count). The van der Waals surface area contributed by atoms with Gasteiger partial charge in [-0.05, 0) is 32.0 Å². The Hall–Kier alpha value is -1.35. The predicted octanol–water partition coefficient (Wildman–Crippen LogP) is 5.56. The third-order valence-electron chi connectivity index (χ3n) is 2.76. The highest BCUT2D eigenvalue weighted by Gasteiger charge is 2.14. The zero-order valence-electron chi connectivity index (χ0n) is 17.6. The minimum Gasteiger partial charge on any atom is -0.315 e. The number of amides is 1. The summed E-state index contributed by atoms with van der Waals surface area (Å²) in [6.45, 7) is 21.5. The molecule has 0 aliphatic heterocycles. The van der Waals surface area contributed by atoms with E-state index in [0.717, 1.165) is 17.7 Å². The Kier molecular flexibility index (Phi) is 29.5. The van der Waals surface area contributed by atoms with Gasteiger partial charge in [0.15, 0.2) is 0 Å². The summed E-state index contributed by atoms with van der Waals surface area (Å²) in [5.41, 5.74) is 1.92. The van der Waals surface area contributed by atoms with Gasteiger partial charge in [-0.1, -0.05) is 67.2 Å². The van der Waals surface area contributed by atoms with Crippen LogP contribution in [0.2, 0.25) is 0 Å². The highest BCUT2D eigenvalue weighted by Crippen LogP contribution is 2.16. The summed E-state index contributed by atoms with van der Waals surface area (Å²) in [5.74, 6) is 0.00519. The summed E-state index contributed by atoms with van der Waals surface area (Å²) >= 11 is 0. The lowest BCUT2D eigenvalue weighted by molar-refractivity contribution is -0.125. The van der Waals surface area contributed by atoms with Crippen LogP contribution in [0, 0.1) is 0 Å². The minimum absolute atomic E-state index is 0.00519. The van der Waals surface area contributed by atoms with Crippen LogP contribution in [0.5, 0.6) is 0 Å². The van der Waals surface area contributed by atoms with Crippen LogP contribution in [-0.2, 0) is 4.79 Å². The topological polar surface area (TPSA) is 32.3 Å². The molecule has 0 bridgehead atoms. The smallest absolute Gasteiger partial charge is 0.223 e. The normalized spacial score (nSPS) is 11.4. The van der Waals surface area contributed by atoms with Gasteiger partial charge in [-0.2, -0.15) is 0 Å². The van der Waals surface area contributed by atoms with E-state index in [-0.39, 0.29) is 11.9 Å². The number of hydrogen-bond acceptors (Lipinski definition) is 2. The largest absolute Gasteiger partial charge is 0.315 e. The van der Waals surface area contributed by atoms with Crippen LogP contribution in [0.3, 0.4) is 0 Å². The number of likely N-dealkylation sites (N-methyl/N-ethyl adjacent to an activating group) is 2.